The van der Waals surface area contributed by atoms with E-state index in [1.54, 1.807) is 0 Å². The molecule has 0 aromatic heterocycles. The highest BCUT2D eigenvalue weighted by Gasteiger charge is 2.04. The zero-order chi connectivity index (χ0) is 12.0. The fourth-order valence-electron chi connectivity index (χ4n) is 1.91. The van der Waals surface area contributed by atoms with Crippen molar-refractivity contribution < 1.29 is 0 Å². The molecular formula is C14H24N2. The summed E-state index contributed by atoms with van der Waals surface area (Å²) in [5.41, 5.74) is 8.57. The summed E-state index contributed by atoms with van der Waals surface area (Å²) in [6.07, 6.45) is 3.36. The molecular weight excluding hydrogens is 196 g/mol. The third-order valence-corrected chi connectivity index (χ3v) is 3.12. The van der Waals surface area contributed by atoms with Gasteiger partial charge in [0.1, 0.15) is 0 Å². The van der Waals surface area contributed by atoms with E-state index in [9.17, 15) is 0 Å². The van der Waals surface area contributed by atoms with Gasteiger partial charge >= 0.3 is 0 Å². The molecule has 1 atom stereocenters. The topological polar surface area (TPSA) is 29.3 Å². The van der Waals surface area contributed by atoms with Crippen LogP contribution in [0.25, 0.3) is 0 Å². The minimum absolute atomic E-state index is 0.366. The Hall–Kier alpha value is -1.02. The molecule has 1 aromatic rings. The molecule has 1 unspecified atom stereocenters. The van der Waals surface area contributed by atoms with Crippen molar-refractivity contribution in [3.63, 3.8) is 0 Å². The first-order valence-corrected chi connectivity index (χ1v) is 6.17. The third-order valence-electron chi connectivity index (χ3n) is 3.12. The summed E-state index contributed by atoms with van der Waals surface area (Å²) in [4.78, 5) is 2.32. The van der Waals surface area contributed by atoms with E-state index in [-0.39, 0.29) is 0 Å². The minimum atomic E-state index is 0.366. The molecule has 0 bridgehead atoms. The van der Waals surface area contributed by atoms with Crippen LogP contribution in [-0.2, 0) is 0 Å². The summed E-state index contributed by atoms with van der Waals surface area (Å²) in [5.74, 6) is 0. The van der Waals surface area contributed by atoms with Gasteiger partial charge in [-0.15, -0.1) is 0 Å². The zero-order valence-electron chi connectivity index (χ0n) is 10.7. The molecule has 0 aliphatic heterocycles. The molecule has 2 heteroatoms. The van der Waals surface area contributed by atoms with E-state index in [4.69, 9.17) is 5.73 Å². The maximum atomic E-state index is 5.91. The number of aryl methyl sites for hydroxylation is 1. The Kier molecular flexibility index (Phi) is 5.33. The molecule has 1 aromatic carbocycles. The minimum Gasteiger partial charge on any atom is -0.374 e. The lowest BCUT2D eigenvalue weighted by Gasteiger charge is -2.22. The maximum absolute atomic E-state index is 5.91. The fourth-order valence-corrected chi connectivity index (χ4v) is 1.91. The molecule has 2 nitrogen and oxygen atoms in total. The molecule has 0 heterocycles. The van der Waals surface area contributed by atoms with E-state index in [1.807, 2.05) is 0 Å². The van der Waals surface area contributed by atoms with Crippen LogP contribution in [0.1, 0.15) is 31.7 Å². The highest BCUT2D eigenvalue weighted by molar-refractivity contribution is 5.52. The quantitative estimate of drug-likeness (QED) is 0.798. The number of hydrogen-bond acceptors (Lipinski definition) is 2. The van der Waals surface area contributed by atoms with Gasteiger partial charge in [-0.2, -0.15) is 0 Å². The number of nitrogens with two attached hydrogens (primary N) is 1. The van der Waals surface area contributed by atoms with Crippen molar-refractivity contribution in [1.82, 2.24) is 0 Å². The molecule has 90 valence electrons. The highest BCUT2D eigenvalue weighted by atomic mass is 15.1. The molecule has 0 saturated carbocycles. The van der Waals surface area contributed by atoms with Crippen LogP contribution in [0.4, 0.5) is 5.69 Å². The van der Waals surface area contributed by atoms with Crippen LogP contribution in [0.3, 0.4) is 0 Å². The smallest absolute Gasteiger partial charge is 0.0393 e. The largest absolute Gasteiger partial charge is 0.374 e. The van der Waals surface area contributed by atoms with E-state index in [2.05, 4.69) is 50.1 Å². The maximum Gasteiger partial charge on any atom is 0.0393 e. The van der Waals surface area contributed by atoms with Crippen LogP contribution < -0.4 is 10.6 Å². The SMILES string of the molecule is CCC(N)CCCN(C)c1ccccc1C. The second-order valence-electron chi connectivity index (χ2n) is 4.52. The van der Waals surface area contributed by atoms with Gasteiger partial charge in [-0.05, 0) is 37.8 Å². The standard InChI is InChI=1S/C14H24N2/c1-4-13(15)9-7-11-16(3)14-10-6-5-8-12(14)2/h5-6,8,10,13H,4,7,9,11,15H2,1-3H3. The predicted molar refractivity (Wildman–Crippen MR) is 71.9 cm³/mol. The number of hydrogen-bond donors (Lipinski definition) is 1. The highest BCUT2D eigenvalue weighted by Crippen LogP contribution is 2.18. The van der Waals surface area contributed by atoms with Crippen LogP contribution in [0.2, 0.25) is 0 Å². The monoisotopic (exact) mass is 220 g/mol. The Labute approximate surface area is 99.5 Å². The van der Waals surface area contributed by atoms with Gasteiger partial charge in [0.2, 0.25) is 0 Å². The Balaban J connectivity index is 2.41. The van der Waals surface area contributed by atoms with Crippen molar-refractivity contribution in [2.75, 3.05) is 18.5 Å². The van der Waals surface area contributed by atoms with E-state index in [0.717, 1.165) is 19.4 Å². The first kappa shape index (κ1) is 13.0. The van der Waals surface area contributed by atoms with Crippen LogP contribution in [0.15, 0.2) is 24.3 Å². The molecule has 0 aliphatic rings. The zero-order valence-corrected chi connectivity index (χ0v) is 10.7. The van der Waals surface area contributed by atoms with Gasteiger partial charge < -0.3 is 10.6 Å². The van der Waals surface area contributed by atoms with Gasteiger partial charge in [-0.1, -0.05) is 25.1 Å². The summed E-state index contributed by atoms with van der Waals surface area (Å²) >= 11 is 0. The first-order chi connectivity index (χ1) is 7.65. The van der Waals surface area contributed by atoms with Crippen molar-refractivity contribution >= 4 is 5.69 Å². The molecule has 1 rings (SSSR count). The molecule has 0 radical (unpaired) electrons. The number of benzene rings is 1. The van der Waals surface area contributed by atoms with Crippen LogP contribution in [0.5, 0.6) is 0 Å². The van der Waals surface area contributed by atoms with E-state index >= 15 is 0 Å². The summed E-state index contributed by atoms with van der Waals surface area (Å²) < 4.78 is 0. The molecule has 0 aliphatic carbocycles. The van der Waals surface area contributed by atoms with Crippen molar-refractivity contribution in [3.05, 3.63) is 29.8 Å². The van der Waals surface area contributed by atoms with Gasteiger partial charge in [0.25, 0.3) is 0 Å². The van der Waals surface area contributed by atoms with Crippen LogP contribution in [0, 0.1) is 6.92 Å². The van der Waals surface area contributed by atoms with Crippen molar-refractivity contribution in [1.29, 1.82) is 0 Å². The average Bonchev–Trinajstić information content (AvgIpc) is 2.29. The Bertz CT molecular complexity index is 309. The number of anilines is 1. The number of nitrogens with zero attached hydrogens (tertiary/aromatic N) is 1. The number of para-hydroxylation sites is 1. The van der Waals surface area contributed by atoms with Gasteiger partial charge in [0, 0.05) is 25.3 Å². The Morgan fingerprint density at radius 1 is 1.31 bits per heavy atom. The average molecular weight is 220 g/mol. The summed E-state index contributed by atoms with van der Waals surface area (Å²) in [7, 11) is 2.15. The summed E-state index contributed by atoms with van der Waals surface area (Å²) in [6, 6.07) is 8.87. The number of rotatable bonds is 6. The fraction of sp³-hybridized carbons (Fsp3) is 0.571. The molecule has 0 amide bonds. The Morgan fingerprint density at radius 3 is 2.62 bits per heavy atom. The molecule has 0 saturated heterocycles. The van der Waals surface area contributed by atoms with Gasteiger partial charge in [-0.3, -0.25) is 0 Å². The van der Waals surface area contributed by atoms with Gasteiger partial charge in [0.05, 0.1) is 0 Å². The summed E-state index contributed by atoms with van der Waals surface area (Å²) in [5, 5.41) is 0. The lowest BCUT2D eigenvalue weighted by molar-refractivity contribution is 0.568. The van der Waals surface area contributed by atoms with Crippen molar-refractivity contribution in [2.45, 2.75) is 39.2 Å². The predicted octanol–water partition coefficient (Wildman–Crippen LogP) is 2.95. The van der Waals surface area contributed by atoms with E-state index in [1.165, 1.54) is 17.7 Å². The molecule has 2 N–H and O–H groups in total. The second kappa shape index (κ2) is 6.54. The molecule has 0 spiro atoms. The lowest BCUT2D eigenvalue weighted by Crippen LogP contribution is -2.23. The molecule has 0 fully saturated rings. The van der Waals surface area contributed by atoms with Gasteiger partial charge in [-0.25, -0.2) is 0 Å². The Morgan fingerprint density at radius 2 is 2.00 bits per heavy atom. The second-order valence-corrected chi connectivity index (χ2v) is 4.52. The van der Waals surface area contributed by atoms with E-state index < -0.39 is 0 Å². The molecule has 16 heavy (non-hydrogen) atoms. The summed E-state index contributed by atoms with van der Waals surface area (Å²) in [6.45, 7) is 5.39. The van der Waals surface area contributed by atoms with Crippen molar-refractivity contribution in [3.8, 4) is 0 Å². The lowest BCUT2D eigenvalue weighted by atomic mass is 10.1. The van der Waals surface area contributed by atoms with E-state index in [0.29, 0.717) is 6.04 Å². The first-order valence-electron chi connectivity index (χ1n) is 6.17. The normalized spacial score (nSPS) is 12.5. The van der Waals surface area contributed by atoms with Crippen molar-refractivity contribution in [2.24, 2.45) is 5.73 Å². The van der Waals surface area contributed by atoms with Crippen LogP contribution in [-0.4, -0.2) is 19.6 Å². The third kappa shape index (κ3) is 3.86. The van der Waals surface area contributed by atoms with Gasteiger partial charge in [0.15, 0.2) is 0 Å². The van der Waals surface area contributed by atoms with Crippen LogP contribution >= 0.6 is 0 Å².